The van der Waals surface area contributed by atoms with Gasteiger partial charge in [0.15, 0.2) is 0 Å². The highest BCUT2D eigenvalue weighted by atomic mass is 16.3. The van der Waals surface area contributed by atoms with E-state index in [2.05, 4.69) is 41.3 Å². The van der Waals surface area contributed by atoms with Crippen LogP contribution in [0.5, 0.6) is 0 Å². The summed E-state index contributed by atoms with van der Waals surface area (Å²) in [6, 6.07) is 2.17. The Morgan fingerprint density at radius 2 is 2.21 bits per heavy atom. The van der Waals surface area contributed by atoms with Crippen molar-refractivity contribution in [3.63, 3.8) is 0 Å². The summed E-state index contributed by atoms with van der Waals surface area (Å²) >= 11 is 0. The predicted octanol–water partition coefficient (Wildman–Crippen LogP) is 1.50. The fraction of sp³-hybridized carbons (Fsp3) is 0.778. The highest BCUT2D eigenvalue weighted by molar-refractivity contribution is 5.92. The average Bonchev–Trinajstić information content (AvgIpc) is 3.12. The maximum atomic E-state index is 12.5. The number of aromatic amines is 1. The summed E-state index contributed by atoms with van der Waals surface area (Å²) in [6.45, 7) is 5.49. The van der Waals surface area contributed by atoms with Gasteiger partial charge in [0.25, 0.3) is 5.91 Å². The zero-order chi connectivity index (χ0) is 17.1. The first-order chi connectivity index (χ1) is 11.4. The third-order valence-electron chi connectivity index (χ3n) is 6.17. The van der Waals surface area contributed by atoms with Crippen molar-refractivity contribution in [1.82, 2.24) is 20.4 Å². The summed E-state index contributed by atoms with van der Waals surface area (Å²) in [4.78, 5) is 14.9. The van der Waals surface area contributed by atoms with Crippen molar-refractivity contribution in [2.45, 2.75) is 63.6 Å². The molecule has 1 saturated heterocycles. The molecule has 2 heterocycles. The van der Waals surface area contributed by atoms with Crippen LogP contribution in [-0.2, 0) is 0 Å². The summed E-state index contributed by atoms with van der Waals surface area (Å²) in [5.41, 5.74) is 1.64. The van der Waals surface area contributed by atoms with Gasteiger partial charge < -0.3 is 15.3 Å². The SMILES string of the molecule is CC(C)C1N(C)CC12C[C@@H](O)[C@H](NC(=O)c1cc(C3CC3)[nH]n1)C2. The third kappa shape index (κ3) is 2.56. The molecule has 0 radical (unpaired) electrons. The van der Waals surface area contributed by atoms with Crippen LogP contribution in [0.3, 0.4) is 0 Å². The number of H-pyrrole nitrogens is 1. The topological polar surface area (TPSA) is 81.2 Å². The van der Waals surface area contributed by atoms with Gasteiger partial charge in [0.2, 0.25) is 0 Å². The van der Waals surface area contributed by atoms with Crippen LogP contribution in [0.15, 0.2) is 6.07 Å². The van der Waals surface area contributed by atoms with Gasteiger partial charge in [-0.15, -0.1) is 0 Å². The molecule has 4 atom stereocenters. The number of amides is 1. The van der Waals surface area contributed by atoms with Gasteiger partial charge in [-0.3, -0.25) is 9.89 Å². The van der Waals surface area contributed by atoms with E-state index in [9.17, 15) is 9.90 Å². The number of rotatable bonds is 4. The Morgan fingerprint density at radius 3 is 2.83 bits per heavy atom. The molecular weight excluding hydrogens is 304 g/mol. The van der Waals surface area contributed by atoms with Crippen LogP contribution in [0.25, 0.3) is 0 Å². The second-order valence-corrected chi connectivity index (χ2v) is 8.50. The Bertz CT molecular complexity index is 634. The summed E-state index contributed by atoms with van der Waals surface area (Å²) in [5.74, 6) is 0.933. The first kappa shape index (κ1) is 16.1. The highest BCUT2D eigenvalue weighted by Gasteiger charge is 2.58. The summed E-state index contributed by atoms with van der Waals surface area (Å²) in [7, 11) is 2.15. The Kier molecular flexibility index (Phi) is 3.73. The van der Waals surface area contributed by atoms with Crippen LogP contribution in [0.4, 0.5) is 0 Å². The van der Waals surface area contributed by atoms with E-state index < -0.39 is 6.10 Å². The van der Waals surface area contributed by atoms with Gasteiger partial charge in [0.1, 0.15) is 5.69 Å². The number of aliphatic hydroxyl groups excluding tert-OH is 1. The number of hydrogen-bond donors (Lipinski definition) is 3. The Hall–Kier alpha value is -1.40. The van der Waals surface area contributed by atoms with Crippen LogP contribution in [0.1, 0.15) is 61.6 Å². The quantitative estimate of drug-likeness (QED) is 0.780. The zero-order valence-electron chi connectivity index (χ0n) is 14.7. The maximum absolute atomic E-state index is 12.5. The molecule has 3 aliphatic rings. The number of nitrogens with one attached hydrogen (secondary N) is 2. The molecule has 2 unspecified atom stereocenters. The van der Waals surface area contributed by atoms with Crippen molar-refractivity contribution in [3.8, 4) is 0 Å². The standard InChI is InChI=1S/C18H28N4O2/c1-10(2)16-18(9-22(16)3)7-14(15(23)8-18)19-17(24)13-6-12(20-21-13)11-4-5-11/h6,10-11,14-16,23H,4-5,7-9H2,1-3H3,(H,19,24)(H,20,21)/t14-,15-,16?,18?/m1/s1. The van der Waals surface area contributed by atoms with Crippen molar-refractivity contribution in [2.75, 3.05) is 13.6 Å². The van der Waals surface area contributed by atoms with Crippen molar-refractivity contribution in [2.24, 2.45) is 11.3 Å². The van der Waals surface area contributed by atoms with E-state index >= 15 is 0 Å². The summed E-state index contributed by atoms with van der Waals surface area (Å²) in [6.07, 6.45) is 3.52. The third-order valence-corrected chi connectivity index (χ3v) is 6.17. The first-order valence-electron chi connectivity index (χ1n) is 9.14. The largest absolute Gasteiger partial charge is 0.391 e. The minimum atomic E-state index is -0.467. The van der Waals surface area contributed by atoms with Gasteiger partial charge in [-0.2, -0.15) is 5.10 Å². The molecule has 24 heavy (non-hydrogen) atoms. The molecule has 1 aromatic heterocycles. The van der Waals surface area contributed by atoms with E-state index in [4.69, 9.17) is 0 Å². The van der Waals surface area contributed by atoms with Gasteiger partial charge in [0.05, 0.1) is 12.1 Å². The Morgan fingerprint density at radius 1 is 1.46 bits per heavy atom. The zero-order valence-corrected chi connectivity index (χ0v) is 14.7. The molecular formula is C18H28N4O2. The first-order valence-corrected chi connectivity index (χ1v) is 9.14. The summed E-state index contributed by atoms with van der Waals surface area (Å²) < 4.78 is 0. The smallest absolute Gasteiger partial charge is 0.272 e. The number of nitrogens with zero attached hydrogens (tertiary/aromatic N) is 2. The fourth-order valence-electron chi connectivity index (χ4n) is 5.29. The molecule has 1 amide bonds. The molecule has 132 valence electrons. The normalized spacial score (nSPS) is 36.3. The number of likely N-dealkylation sites (tertiary alicyclic amines) is 1. The monoisotopic (exact) mass is 332 g/mol. The lowest BCUT2D eigenvalue weighted by atomic mass is 9.66. The van der Waals surface area contributed by atoms with Gasteiger partial charge in [0, 0.05) is 29.6 Å². The van der Waals surface area contributed by atoms with Crippen LogP contribution in [0, 0.1) is 11.3 Å². The lowest BCUT2D eigenvalue weighted by Gasteiger charge is -2.57. The molecule has 6 nitrogen and oxygen atoms in total. The van der Waals surface area contributed by atoms with Crippen molar-refractivity contribution in [1.29, 1.82) is 0 Å². The lowest BCUT2D eigenvalue weighted by Crippen LogP contribution is -2.64. The van der Waals surface area contributed by atoms with E-state index in [-0.39, 0.29) is 17.4 Å². The van der Waals surface area contributed by atoms with Crippen LogP contribution in [-0.4, -0.2) is 57.9 Å². The van der Waals surface area contributed by atoms with E-state index in [1.54, 1.807) is 0 Å². The molecule has 1 aliphatic heterocycles. The van der Waals surface area contributed by atoms with Gasteiger partial charge >= 0.3 is 0 Å². The number of carbonyl (C=O) groups is 1. The number of aromatic nitrogens is 2. The Balaban J connectivity index is 1.42. The number of hydrogen-bond acceptors (Lipinski definition) is 4. The minimum absolute atomic E-state index is 0.144. The number of aliphatic hydroxyl groups is 1. The number of carbonyl (C=O) groups excluding carboxylic acids is 1. The van der Waals surface area contributed by atoms with E-state index in [1.807, 2.05) is 6.07 Å². The highest BCUT2D eigenvalue weighted by Crippen LogP contribution is 2.52. The van der Waals surface area contributed by atoms with Gasteiger partial charge in [-0.1, -0.05) is 13.8 Å². The van der Waals surface area contributed by atoms with Crippen molar-refractivity contribution in [3.05, 3.63) is 17.5 Å². The fourth-order valence-corrected chi connectivity index (χ4v) is 5.29. The molecule has 1 aromatic rings. The second kappa shape index (κ2) is 5.56. The predicted molar refractivity (Wildman–Crippen MR) is 90.7 cm³/mol. The van der Waals surface area contributed by atoms with Crippen LogP contribution < -0.4 is 5.32 Å². The van der Waals surface area contributed by atoms with Crippen LogP contribution >= 0.6 is 0 Å². The molecule has 0 aromatic carbocycles. The van der Waals surface area contributed by atoms with Gasteiger partial charge in [-0.05, 0) is 44.7 Å². The molecule has 6 heteroatoms. The molecule has 0 bridgehead atoms. The molecule has 1 spiro atoms. The minimum Gasteiger partial charge on any atom is -0.391 e. The molecule has 3 fully saturated rings. The van der Waals surface area contributed by atoms with Crippen LogP contribution in [0.2, 0.25) is 0 Å². The van der Waals surface area contributed by atoms with E-state index in [1.165, 1.54) is 12.8 Å². The molecule has 4 rings (SSSR count). The van der Waals surface area contributed by atoms with E-state index in [0.717, 1.165) is 25.1 Å². The molecule has 3 N–H and O–H groups in total. The van der Waals surface area contributed by atoms with E-state index in [0.29, 0.717) is 23.6 Å². The molecule has 2 saturated carbocycles. The van der Waals surface area contributed by atoms with Gasteiger partial charge in [-0.25, -0.2) is 0 Å². The Labute approximate surface area is 143 Å². The molecule has 2 aliphatic carbocycles. The average molecular weight is 332 g/mol. The van der Waals surface area contributed by atoms with Crippen molar-refractivity contribution < 1.29 is 9.90 Å². The van der Waals surface area contributed by atoms with Crippen molar-refractivity contribution >= 4 is 5.91 Å². The maximum Gasteiger partial charge on any atom is 0.272 e. The lowest BCUT2D eigenvalue weighted by molar-refractivity contribution is -0.0827. The second-order valence-electron chi connectivity index (χ2n) is 8.50. The summed E-state index contributed by atoms with van der Waals surface area (Å²) in [5, 5.41) is 20.7.